The second kappa shape index (κ2) is 8.03. The van der Waals surface area contributed by atoms with E-state index in [9.17, 15) is 0 Å². The molecule has 1 saturated carbocycles. The third-order valence-corrected chi connectivity index (χ3v) is 3.40. The number of methoxy groups -OCH3 is 1. The van der Waals surface area contributed by atoms with E-state index in [0.717, 1.165) is 12.3 Å². The Balaban J connectivity index is 2.13. The van der Waals surface area contributed by atoms with Gasteiger partial charge in [0.05, 0.1) is 32.5 Å². The minimum Gasteiger partial charge on any atom is -0.382 e. The fourth-order valence-corrected chi connectivity index (χ4v) is 2.66. The lowest BCUT2D eigenvalue weighted by Crippen LogP contribution is -2.46. The molecule has 2 N–H and O–H groups in total. The van der Waals surface area contributed by atoms with Gasteiger partial charge < -0.3 is 19.9 Å². The van der Waals surface area contributed by atoms with Crippen LogP contribution in [0.15, 0.2) is 0 Å². The van der Waals surface area contributed by atoms with Crippen molar-refractivity contribution >= 4 is 0 Å². The van der Waals surface area contributed by atoms with Crippen LogP contribution in [-0.2, 0) is 14.2 Å². The number of nitrogens with two attached hydrogens (primary N) is 1. The van der Waals surface area contributed by atoms with Crippen LogP contribution in [0, 0.1) is 11.8 Å². The third-order valence-electron chi connectivity index (χ3n) is 3.40. The molecule has 0 saturated heterocycles. The van der Waals surface area contributed by atoms with Gasteiger partial charge in [-0.05, 0) is 24.7 Å². The van der Waals surface area contributed by atoms with Crippen LogP contribution in [0.25, 0.3) is 0 Å². The van der Waals surface area contributed by atoms with Crippen molar-refractivity contribution in [3.8, 4) is 0 Å². The Morgan fingerprint density at radius 1 is 1.06 bits per heavy atom. The Labute approximate surface area is 105 Å². The molecule has 0 radical (unpaired) electrons. The van der Waals surface area contributed by atoms with E-state index >= 15 is 0 Å². The Bertz CT molecular complexity index is 189. The minimum absolute atomic E-state index is 0.174. The van der Waals surface area contributed by atoms with Gasteiger partial charge in [0.1, 0.15) is 0 Å². The van der Waals surface area contributed by atoms with Gasteiger partial charge in [0.2, 0.25) is 0 Å². The van der Waals surface area contributed by atoms with Crippen molar-refractivity contribution in [3.63, 3.8) is 0 Å². The van der Waals surface area contributed by atoms with Crippen LogP contribution in [0.2, 0.25) is 0 Å². The van der Waals surface area contributed by atoms with Gasteiger partial charge in [-0.25, -0.2) is 0 Å². The first kappa shape index (κ1) is 14.9. The van der Waals surface area contributed by atoms with Gasteiger partial charge in [-0.2, -0.15) is 0 Å². The van der Waals surface area contributed by atoms with Crippen molar-refractivity contribution < 1.29 is 14.2 Å². The normalized spacial score (nSPS) is 33.9. The highest BCUT2D eigenvalue weighted by atomic mass is 16.5. The molecule has 1 aliphatic carbocycles. The Kier molecular flexibility index (Phi) is 7.04. The molecule has 0 heterocycles. The highest BCUT2D eigenvalue weighted by Crippen LogP contribution is 2.29. The van der Waals surface area contributed by atoms with Crippen molar-refractivity contribution in [3.05, 3.63) is 0 Å². The average Bonchev–Trinajstić information content (AvgIpc) is 2.26. The zero-order valence-electron chi connectivity index (χ0n) is 11.4. The Morgan fingerprint density at radius 3 is 2.41 bits per heavy atom. The molecule has 0 bridgehead atoms. The second-order valence-electron chi connectivity index (χ2n) is 5.16. The minimum atomic E-state index is 0.174. The maximum absolute atomic E-state index is 6.14. The first-order chi connectivity index (χ1) is 8.15. The molecule has 1 fully saturated rings. The summed E-state index contributed by atoms with van der Waals surface area (Å²) in [6.45, 7) is 7.00. The molecule has 0 spiro atoms. The number of rotatable bonds is 7. The molecule has 0 aromatic rings. The van der Waals surface area contributed by atoms with E-state index < -0.39 is 0 Å². The van der Waals surface area contributed by atoms with Crippen LogP contribution < -0.4 is 5.73 Å². The highest BCUT2D eigenvalue weighted by molar-refractivity contribution is 4.86. The molecule has 0 aromatic carbocycles. The molecular formula is C13H27NO3. The van der Waals surface area contributed by atoms with Gasteiger partial charge in [-0.15, -0.1) is 0 Å². The zero-order chi connectivity index (χ0) is 12.7. The van der Waals surface area contributed by atoms with Gasteiger partial charge >= 0.3 is 0 Å². The maximum Gasteiger partial charge on any atom is 0.0752 e. The molecule has 0 aromatic heterocycles. The van der Waals surface area contributed by atoms with E-state index in [0.29, 0.717) is 32.3 Å². The quantitative estimate of drug-likeness (QED) is 0.689. The van der Waals surface area contributed by atoms with Crippen LogP contribution in [0.1, 0.15) is 26.7 Å². The first-order valence-electron chi connectivity index (χ1n) is 6.59. The lowest BCUT2D eigenvalue weighted by atomic mass is 9.78. The Hall–Kier alpha value is -0.160. The molecule has 4 nitrogen and oxygen atoms in total. The van der Waals surface area contributed by atoms with E-state index in [1.807, 2.05) is 0 Å². The summed E-state index contributed by atoms with van der Waals surface area (Å²) in [7, 11) is 1.67. The lowest BCUT2D eigenvalue weighted by Gasteiger charge is -2.37. The molecule has 4 heteroatoms. The number of hydrogen-bond acceptors (Lipinski definition) is 4. The SMILES string of the molecule is COCCOCCOC1C(C)CC(C)CC1N. The third kappa shape index (κ3) is 5.34. The fraction of sp³-hybridized carbons (Fsp3) is 1.00. The molecular weight excluding hydrogens is 218 g/mol. The van der Waals surface area contributed by atoms with E-state index in [1.165, 1.54) is 6.42 Å². The van der Waals surface area contributed by atoms with E-state index in [-0.39, 0.29) is 12.1 Å². The van der Waals surface area contributed by atoms with Gasteiger partial charge in [0.25, 0.3) is 0 Å². The summed E-state index contributed by atoms with van der Waals surface area (Å²) in [5.41, 5.74) is 6.14. The summed E-state index contributed by atoms with van der Waals surface area (Å²) in [5, 5.41) is 0. The van der Waals surface area contributed by atoms with Gasteiger partial charge in [0, 0.05) is 13.2 Å². The average molecular weight is 245 g/mol. The Morgan fingerprint density at radius 2 is 1.76 bits per heavy atom. The number of hydrogen-bond donors (Lipinski definition) is 1. The highest BCUT2D eigenvalue weighted by Gasteiger charge is 2.32. The molecule has 102 valence electrons. The molecule has 0 amide bonds. The molecule has 1 rings (SSSR count). The van der Waals surface area contributed by atoms with Crippen LogP contribution in [0.4, 0.5) is 0 Å². The van der Waals surface area contributed by atoms with Gasteiger partial charge in [-0.1, -0.05) is 13.8 Å². The van der Waals surface area contributed by atoms with Crippen molar-refractivity contribution in [2.45, 2.75) is 38.8 Å². The predicted molar refractivity (Wildman–Crippen MR) is 68.0 cm³/mol. The van der Waals surface area contributed by atoms with Crippen molar-refractivity contribution in [2.75, 3.05) is 33.5 Å². The maximum atomic E-state index is 6.14. The smallest absolute Gasteiger partial charge is 0.0752 e. The largest absolute Gasteiger partial charge is 0.382 e. The van der Waals surface area contributed by atoms with E-state index in [4.69, 9.17) is 19.9 Å². The molecule has 1 aliphatic rings. The number of ether oxygens (including phenoxy) is 3. The van der Waals surface area contributed by atoms with Gasteiger partial charge in [-0.3, -0.25) is 0 Å². The van der Waals surface area contributed by atoms with Crippen LogP contribution in [0.5, 0.6) is 0 Å². The monoisotopic (exact) mass is 245 g/mol. The second-order valence-corrected chi connectivity index (χ2v) is 5.16. The summed E-state index contributed by atoms with van der Waals surface area (Å²) in [6.07, 6.45) is 2.47. The van der Waals surface area contributed by atoms with Crippen LogP contribution in [-0.4, -0.2) is 45.7 Å². The predicted octanol–water partition coefficient (Wildman–Crippen LogP) is 1.43. The van der Waals surface area contributed by atoms with Gasteiger partial charge in [0.15, 0.2) is 0 Å². The fourth-order valence-electron chi connectivity index (χ4n) is 2.66. The van der Waals surface area contributed by atoms with E-state index in [2.05, 4.69) is 13.8 Å². The van der Waals surface area contributed by atoms with Crippen LogP contribution in [0.3, 0.4) is 0 Å². The van der Waals surface area contributed by atoms with E-state index in [1.54, 1.807) is 7.11 Å². The summed E-state index contributed by atoms with van der Waals surface area (Å²) in [5.74, 6) is 1.27. The summed E-state index contributed by atoms with van der Waals surface area (Å²) >= 11 is 0. The first-order valence-corrected chi connectivity index (χ1v) is 6.59. The topological polar surface area (TPSA) is 53.7 Å². The van der Waals surface area contributed by atoms with Crippen LogP contribution >= 0.6 is 0 Å². The van der Waals surface area contributed by atoms with Crippen molar-refractivity contribution in [1.29, 1.82) is 0 Å². The van der Waals surface area contributed by atoms with Crippen molar-refractivity contribution in [1.82, 2.24) is 0 Å². The molecule has 17 heavy (non-hydrogen) atoms. The molecule has 0 aliphatic heterocycles. The molecule has 4 atom stereocenters. The summed E-state index contributed by atoms with van der Waals surface area (Å²) in [6, 6.07) is 0.174. The summed E-state index contributed by atoms with van der Waals surface area (Å²) < 4.78 is 16.1. The lowest BCUT2D eigenvalue weighted by molar-refractivity contribution is -0.0540. The standard InChI is InChI=1S/C13H27NO3/c1-10-8-11(2)13(12(14)9-10)17-7-6-16-5-4-15-3/h10-13H,4-9,14H2,1-3H3. The van der Waals surface area contributed by atoms with Crippen molar-refractivity contribution in [2.24, 2.45) is 17.6 Å². The zero-order valence-corrected chi connectivity index (χ0v) is 11.4. The summed E-state index contributed by atoms with van der Waals surface area (Å²) in [4.78, 5) is 0. The molecule has 4 unspecified atom stereocenters.